The van der Waals surface area contributed by atoms with Gasteiger partial charge in [0.1, 0.15) is 19.0 Å². The Bertz CT molecular complexity index is 626. The second kappa shape index (κ2) is 5.61. The number of hydrogen-bond donors (Lipinski definition) is 1. The fourth-order valence-electron chi connectivity index (χ4n) is 1.90. The van der Waals surface area contributed by atoms with Crippen molar-refractivity contribution in [1.82, 2.24) is 4.98 Å². The topological polar surface area (TPSA) is 55.7 Å². The number of anilines is 1. The van der Waals surface area contributed by atoms with Crippen LogP contribution >= 0.6 is 0 Å². The second-order valence-corrected chi connectivity index (χ2v) is 4.38. The number of hydrogen-bond acceptors (Lipinski definition) is 5. The van der Waals surface area contributed by atoms with Gasteiger partial charge in [0.2, 0.25) is 0 Å². The lowest BCUT2D eigenvalue weighted by molar-refractivity contribution is 0.171. The van der Waals surface area contributed by atoms with Gasteiger partial charge < -0.3 is 9.47 Å². The minimum Gasteiger partial charge on any atom is -0.486 e. The molecule has 2 heterocycles. The van der Waals surface area contributed by atoms with E-state index in [1.807, 2.05) is 43.3 Å². The van der Waals surface area contributed by atoms with Crippen molar-refractivity contribution in [3.8, 4) is 11.5 Å². The van der Waals surface area contributed by atoms with E-state index >= 15 is 0 Å². The van der Waals surface area contributed by atoms with Crippen molar-refractivity contribution < 1.29 is 9.47 Å². The minimum absolute atomic E-state index is 0.582. The van der Waals surface area contributed by atoms with Gasteiger partial charge in [-0.05, 0) is 37.3 Å². The first-order valence-electron chi connectivity index (χ1n) is 6.44. The van der Waals surface area contributed by atoms with E-state index in [-0.39, 0.29) is 0 Å². The molecule has 5 nitrogen and oxygen atoms in total. The number of ether oxygens (including phenoxy) is 2. The van der Waals surface area contributed by atoms with Crippen LogP contribution in [0.2, 0.25) is 0 Å². The highest BCUT2D eigenvalue weighted by atomic mass is 16.6. The Balaban J connectivity index is 1.78. The Morgan fingerprint density at radius 3 is 2.80 bits per heavy atom. The molecule has 0 saturated heterocycles. The number of hydrazone groups is 1. The lowest BCUT2D eigenvalue weighted by atomic mass is 10.1. The van der Waals surface area contributed by atoms with Crippen LogP contribution in [0.3, 0.4) is 0 Å². The Kier molecular flexibility index (Phi) is 3.50. The first kappa shape index (κ1) is 12.5. The quantitative estimate of drug-likeness (QED) is 0.687. The maximum Gasteiger partial charge on any atom is 0.162 e. The zero-order valence-corrected chi connectivity index (χ0v) is 11.2. The number of rotatable bonds is 3. The van der Waals surface area contributed by atoms with Gasteiger partial charge in [-0.15, -0.1) is 0 Å². The van der Waals surface area contributed by atoms with Crippen LogP contribution in [0.4, 0.5) is 5.82 Å². The van der Waals surface area contributed by atoms with Crippen molar-refractivity contribution in [3.05, 3.63) is 48.2 Å². The van der Waals surface area contributed by atoms with Crippen molar-refractivity contribution in [3.63, 3.8) is 0 Å². The summed E-state index contributed by atoms with van der Waals surface area (Å²) in [6.45, 7) is 3.11. The molecule has 102 valence electrons. The standard InChI is InChI=1S/C15H15N3O2/c1-11(17-18-15-4-2-3-7-16-15)12-5-6-13-14(10-12)20-9-8-19-13/h2-7,10H,8-9H2,1H3,(H,16,18). The van der Waals surface area contributed by atoms with E-state index < -0.39 is 0 Å². The fourth-order valence-corrected chi connectivity index (χ4v) is 1.90. The molecule has 0 radical (unpaired) electrons. The number of benzene rings is 1. The second-order valence-electron chi connectivity index (χ2n) is 4.38. The summed E-state index contributed by atoms with van der Waals surface area (Å²) in [5, 5.41) is 4.32. The zero-order chi connectivity index (χ0) is 13.8. The van der Waals surface area contributed by atoms with Crippen LogP contribution in [-0.4, -0.2) is 23.9 Å². The molecule has 0 amide bonds. The zero-order valence-electron chi connectivity index (χ0n) is 11.2. The van der Waals surface area contributed by atoms with Gasteiger partial charge in [-0.25, -0.2) is 4.98 Å². The summed E-state index contributed by atoms with van der Waals surface area (Å²) in [6, 6.07) is 11.4. The van der Waals surface area contributed by atoms with E-state index in [1.165, 1.54) is 0 Å². The number of aromatic nitrogens is 1. The van der Waals surface area contributed by atoms with Gasteiger partial charge in [0.25, 0.3) is 0 Å². The summed E-state index contributed by atoms with van der Waals surface area (Å²) in [6.07, 6.45) is 1.72. The van der Waals surface area contributed by atoms with Crippen LogP contribution in [0.1, 0.15) is 12.5 Å². The molecule has 0 atom stereocenters. The van der Waals surface area contributed by atoms with Crippen LogP contribution in [0.25, 0.3) is 0 Å². The Labute approximate surface area is 117 Å². The lowest BCUT2D eigenvalue weighted by Gasteiger charge is -2.18. The average molecular weight is 269 g/mol. The number of fused-ring (bicyclic) bond motifs is 1. The van der Waals surface area contributed by atoms with E-state index in [4.69, 9.17) is 9.47 Å². The summed E-state index contributed by atoms with van der Waals surface area (Å²) < 4.78 is 11.1. The molecule has 1 aromatic carbocycles. The highest BCUT2D eigenvalue weighted by Crippen LogP contribution is 2.30. The third-order valence-electron chi connectivity index (χ3n) is 2.96. The van der Waals surface area contributed by atoms with Crippen molar-refractivity contribution >= 4 is 11.5 Å². The van der Waals surface area contributed by atoms with Crippen molar-refractivity contribution in [2.45, 2.75) is 6.92 Å². The highest BCUT2D eigenvalue weighted by Gasteiger charge is 2.12. The summed E-state index contributed by atoms with van der Waals surface area (Å²) >= 11 is 0. The normalized spacial score (nSPS) is 13.9. The van der Waals surface area contributed by atoms with Crippen LogP contribution in [-0.2, 0) is 0 Å². The first-order chi connectivity index (χ1) is 9.83. The monoisotopic (exact) mass is 269 g/mol. The summed E-state index contributed by atoms with van der Waals surface area (Å²) in [5.74, 6) is 2.26. The third-order valence-corrected chi connectivity index (χ3v) is 2.96. The van der Waals surface area contributed by atoms with Gasteiger partial charge in [0.15, 0.2) is 11.5 Å². The van der Waals surface area contributed by atoms with E-state index in [2.05, 4.69) is 15.5 Å². The SMILES string of the molecule is CC(=NNc1ccccn1)c1ccc2c(c1)OCCO2. The molecule has 0 spiro atoms. The van der Waals surface area contributed by atoms with Crippen LogP contribution < -0.4 is 14.9 Å². The van der Waals surface area contributed by atoms with Gasteiger partial charge in [0.05, 0.1) is 5.71 Å². The van der Waals surface area contributed by atoms with Crippen molar-refractivity contribution in [2.24, 2.45) is 5.10 Å². The van der Waals surface area contributed by atoms with Gasteiger partial charge >= 0.3 is 0 Å². The summed E-state index contributed by atoms with van der Waals surface area (Å²) in [7, 11) is 0. The molecule has 2 aromatic rings. The Morgan fingerprint density at radius 2 is 2.00 bits per heavy atom. The smallest absolute Gasteiger partial charge is 0.162 e. The molecule has 1 aromatic heterocycles. The van der Waals surface area contributed by atoms with Gasteiger partial charge in [0, 0.05) is 11.8 Å². The molecule has 0 fully saturated rings. The van der Waals surface area contributed by atoms with Crippen LogP contribution in [0, 0.1) is 0 Å². The maximum atomic E-state index is 5.56. The molecule has 0 unspecified atom stereocenters. The Morgan fingerprint density at radius 1 is 1.15 bits per heavy atom. The van der Waals surface area contributed by atoms with Crippen LogP contribution in [0.15, 0.2) is 47.7 Å². The lowest BCUT2D eigenvalue weighted by Crippen LogP contribution is -2.15. The molecule has 20 heavy (non-hydrogen) atoms. The van der Waals surface area contributed by atoms with Crippen molar-refractivity contribution in [2.75, 3.05) is 18.6 Å². The maximum absolute atomic E-state index is 5.56. The van der Waals surface area contributed by atoms with E-state index in [9.17, 15) is 0 Å². The molecular weight excluding hydrogens is 254 g/mol. The molecule has 1 aliphatic heterocycles. The minimum atomic E-state index is 0.582. The fraction of sp³-hybridized carbons (Fsp3) is 0.200. The molecule has 0 bridgehead atoms. The molecule has 3 rings (SSSR count). The van der Waals surface area contributed by atoms with E-state index in [0.29, 0.717) is 19.0 Å². The van der Waals surface area contributed by atoms with E-state index in [1.54, 1.807) is 6.20 Å². The number of nitrogens with one attached hydrogen (secondary N) is 1. The highest BCUT2D eigenvalue weighted by molar-refractivity contribution is 5.99. The predicted molar refractivity (Wildman–Crippen MR) is 77.5 cm³/mol. The van der Waals surface area contributed by atoms with Gasteiger partial charge in [-0.3, -0.25) is 5.43 Å². The van der Waals surface area contributed by atoms with Crippen LogP contribution in [0.5, 0.6) is 11.5 Å². The van der Waals surface area contributed by atoms with Crippen molar-refractivity contribution in [1.29, 1.82) is 0 Å². The first-order valence-corrected chi connectivity index (χ1v) is 6.44. The predicted octanol–water partition coefficient (Wildman–Crippen LogP) is 2.69. The largest absolute Gasteiger partial charge is 0.486 e. The number of pyridine rings is 1. The van der Waals surface area contributed by atoms with Gasteiger partial charge in [-0.2, -0.15) is 5.10 Å². The Hall–Kier alpha value is -2.56. The molecule has 0 aliphatic carbocycles. The van der Waals surface area contributed by atoms with E-state index in [0.717, 1.165) is 22.8 Å². The number of nitrogens with zero attached hydrogens (tertiary/aromatic N) is 2. The molecule has 1 aliphatic rings. The summed E-state index contributed by atoms with van der Waals surface area (Å²) in [4.78, 5) is 4.15. The molecule has 1 N–H and O–H groups in total. The third kappa shape index (κ3) is 2.71. The molecule has 5 heteroatoms. The average Bonchev–Trinajstić information content (AvgIpc) is 2.53. The summed E-state index contributed by atoms with van der Waals surface area (Å²) in [5.41, 5.74) is 4.77. The van der Waals surface area contributed by atoms with Gasteiger partial charge in [-0.1, -0.05) is 6.07 Å². The molecular formula is C15H15N3O2. The molecule has 0 saturated carbocycles.